The number of amides is 1. The number of rotatable bonds is 2. The van der Waals surface area contributed by atoms with Crippen LogP contribution in [0.4, 0.5) is 0 Å². The lowest BCUT2D eigenvalue weighted by Gasteiger charge is -1.98. The molecule has 0 aliphatic carbocycles. The summed E-state index contributed by atoms with van der Waals surface area (Å²) in [5.74, 6) is -0.0273. The van der Waals surface area contributed by atoms with Crippen molar-refractivity contribution < 1.29 is 4.79 Å². The van der Waals surface area contributed by atoms with Crippen molar-refractivity contribution in [1.82, 2.24) is 0 Å². The van der Waals surface area contributed by atoms with E-state index in [0.29, 0.717) is 11.3 Å². The Morgan fingerprint density at radius 3 is 2.29 bits per heavy atom. The smallest absolute Gasteiger partial charge is 0.280 e. The lowest BCUT2D eigenvalue weighted by molar-refractivity contribution is 0.100. The maximum absolute atomic E-state index is 11.3. The Balaban J connectivity index is 2.87. The summed E-state index contributed by atoms with van der Waals surface area (Å²) < 4.78 is 0. The molecule has 1 aromatic carbocycles. The van der Waals surface area contributed by atoms with Crippen LogP contribution in [0.15, 0.2) is 29.3 Å². The van der Waals surface area contributed by atoms with Crippen molar-refractivity contribution in [2.75, 3.05) is 0 Å². The molecule has 4 nitrogen and oxygen atoms in total. The minimum atomic E-state index is -0.435. The van der Waals surface area contributed by atoms with Gasteiger partial charge >= 0.3 is 0 Å². The van der Waals surface area contributed by atoms with Crippen LogP contribution in [0.1, 0.15) is 15.9 Å². The van der Waals surface area contributed by atoms with Gasteiger partial charge in [0.1, 0.15) is 0 Å². The van der Waals surface area contributed by atoms with Crippen LogP contribution in [0.3, 0.4) is 0 Å². The van der Waals surface area contributed by atoms with Crippen molar-refractivity contribution in [1.29, 1.82) is 0 Å². The lowest BCUT2D eigenvalue weighted by atomic mass is 10.1. The zero-order chi connectivity index (χ0) is 10.6. The minimum Gasteiger partial charge on any atom is -0.370 e. The zero-order valence-corrected chi connectivity index (χ0v) is 8.37. The molecule has 0 aliphatic heterocycles. The predicted octanol–water partition coefficient (Wildman–Crippen LogP) is 0.530. The standard InChI is InChI=1S/C9H11N3OS/c10-9(11)12-8(13)7-3-1-6(5-14)2-4-7/h1-4,14H,5H2,(H4,10,11,12,13). The van der Waals surface area contributed by atoms with Crippen molar-refractivity contribution >= 4 is 24.5 Å². The number of nitrogens with zero attached hydrogens (tertiary/aromatic N) is 1. The third-order valence-electron chi connectivity index (χ3n) is 1.61. The van der Waals surface area contributed by atoms with E-state index in [9.17, 15) is 4.79 Å². The molecule has 0 saturated carbocycles. The van der Waals surface area contributed by atoms with Crippen LogP contribution in [0.25, 0.3) is 0 Å². The lowest BCUT2D eigenvalue weighted by Crippen LogP contribution is -2.24. The van der Waals surface area contributed by atoms with E-state index >= 15 is 0 Å². The summed E-state index contributed by atoms with van der Waals surface area (Å²) in [7, 11) is 0. The number of nitrogens with two attached hydrogens (primary N) is 2. The summed E-state index contributed by atoms with van der Waals surface area (Å²) >= 11 is 4.10. The van der Waals surface area contributed by atoms with Gasteiger partial charge in [0.2, 0.25) is 0 Å². The van der Waals surface area contributed by atoms with Gasteiger partial charge in [0.15, 0.2) is 5.96 Å². The molecule has 74 valence electrons. The molecule has 0 fully saturated rings. The van der Waals surface area contributed by atoms with Crippen molar-refractivity contribution in [3.8, 4) is 0 Å². The summed E-state index contributed by atoms with van der Waals surface area (Å²) in [6.45, 7) is 0. The molecule has 0 saturated heterocycles. The molecule has 5 heteroatoms. The number of guanidine groups is 1. The summed E-state index contributed by atoms with van der Waals surface area (Å²) in [6.07, 6.45) is 0. The van der Waals surface area contributed by atoms with Gasteiger partial charge in [0.25, 0.3) is 5.91 Å². The van der Waals surface area contributed by atoms with Gasteiger partial charge in [0.05, 0.1) is 0 Å². The van der Waals surface area contributed by atoms with Crippen LogP contribution in [0.5, 0.6) is 0 Å². The number of aliphatic imine (C=N–C) groups is 1. The minimum absolute atomic E-state index is 0.228. The fourth-order valence-electron chi connectivity index (χ4n) is 0.935. The Kier molecular flexibility index (Phi) is 3.53. The van der Waals surface area contributed by atoms with Gasteiger partial charge in [-0.05, 0) is 17.7 Å². The zero-order valence-electron chi connectivity index (χ0n) is 7.47. The number of carbonyl (C=O) groups is 1. The van der Waals surface area contributed by atoms with Gasteiger partial charge in [-0.15, -0.1) is 0 Å². The summed E-state index contributed by atoms with van der Waals surface area (Å²) in [4.78, 5) is 14.7. The number of hydrogen-bond donors (Lipinski definition) is 3. The van der Waals surface area contributed by atoms with Crippen molar-refractivity contribution in [2.45, 2.75) is 5.75 Å². The molecule has 14 heavy (non-hydrogen) atoms. The van der Waals surface area contributed by atoms with Gasteiger partial charge in [-0.25, -0.2) is 0 Å². The van der Waals surface area contributed by atoms with E-state index < -0.39 is 5.91 Å². The normalized spacial score (nSPS) is 9.50. The first-order valence-corrected chi connectivity index (χ1v) is 4.60. The Morgan fingerprint density at radius 1 is 1.29 bits per heavy atom. The molecule has 0 atom stereocenters. The van der Waals surface area contributed by atoms with E-state index in [1.165, 1.54) is 0 Å². The van der Waals surface area contributed by atoms with Gasteiger partial charge in [-0.2, -0.15) is 17.6 Å². The molecular weight excluding hydrogens is 198 g/mol. The molecular formula is C9H11N3OS. The molecule has 0 aliphatic rings. The van der Waals surface area contributed by atoms with Gasteiger partial charge < -0.3 is 11.5 Å². The van der Waals surface area contributed by atoms with Crippen LogP contribution < -0.4 is 11.5 Å². The highest BCUT2D eigenvalue weighted by atomic mass is 32.1. The molecule has 0 heterocycles. The quantitative estimate of drug-likeness (QED) is 0.377. The van der Waals surface area contributed by atoms with E-state index in [4.69, 9.17) is 11.5 Å². The maximum Gasteiger partial charge on any atom is 0.280 e. The van der Waals surface area contributed by atoms with Crippen LogP contribution in [0, 0.1) is 0 Å². The fraction of sp³-hybridized carbons (Fsp3) is 0.111. The second-order valence-corrected chi connectivity index (χ2v) is 3.01. The molecule has 1 rings (SSSR count). The molecule has 0 radical (unpaired) electrons. The Hall–Kier alpha value is -1.49. The SMILES string of the molecule is NC(N)=NC(=O)c1ccc(CS)cc1. The Morgan fingerprint density at radius 2 is 1.86 bits per heavy atom. The highest BCUT2D eigenvalue weighted by molar-refractivity contribution is 7.79. The van der Waals surface area contributed by atoms with E-state index in [1.54, 1.807) is 12.1 Å². The monoisotopic (exact) mass is 209 g/mol. The number of benzene rings is 1. The molecule has 0 bridgehead atoms. The average Bonchev–Trinajstić information content (AvgIpc) is 2.17. The highest BCUT2D eigenvalue weighted by Gasteiger charge is 2.03. The second-order valence-electron chi connectivity index (χ2n) is 2.70. The molecule has 1 aromatic rings. The second kappa shape index (κ2) is 4.66. The van der Waals surface area contributed by atoms with Gasteiger partial charge in [-0.3, -0.25) is 4.79 Å². The highest BCUT2D eigenvalue weighted by Crippen LogP contribution is 2.07. The molecule has 1 amide bonds. The number of thiol groups is 1. The molecule has 0 aromatic heterocycles. The molecule has 0 unspecified atom stereocenters. The van der Waals surface area contributed by atoms with E-state index in [0.717, 1.165) is 5.56 Å². The largest absolute Gasteiger partial charge is 0.370 e. The van der Waals surface area contributed by atoms with Gasteiger partial charge in [-0.1, -0.05) is 12.1 Å². The van der Waals surface area contributed by atoms with Crippen molar-refractivity contribution in [3.05, 3.63) is 35.4 Å². The summed E-state index contributed by atoms with van der Waals surface area (Å²) in [6, 6.07) is 6.95. The van der Waals surface area contributed by atoms with Gasteiger partial charge in [0, 0.05) is 11.3 Å². The number of hydrogen-bond acceptors (Lipinski definition) is 2. The van der Waals surface area contributed by atoms with E-state index in [1.807, 2.05) is 12.1 Å². The van der Waals surface area contributed by atoms with Crippen LogP contribution in [-0.4, -0.2) is 11.9 Å². The average molecular weight is 209 g/mol. The summed E-state index contributed by atoms with van der Waals surface area (Å²) in [5.41, 5.74) is 11.7. The van der Waals surface area contributed by atoms with Crippen LogP contribution >= 0.6 is 12.6 Å². The maximum atomic E-state index is 11.3. The van der Waals surface area contributed by atoms with Crippen molar-refractivity contribution in [3.63, 3.8) is 0 Å². The van der Waals surface area contributed by atoms with E-state index in [2.05, 4.69) is 17.6 Å². The third kappa shape index (κ3) is 2.77. The first-order valence-electron chi connectivity index (χ1n) is 3.97. The van der Waals surface area contributed by atoms with Crippen LogP contribution in [-0.2, 0) is 5.75 Å². The fourth-order valence-corrected chi connectivity index (χ4v) is 1.15. The first-order chi connectivity index (χ1) is 6.63. The van der Waals surface area contributed by atoms with Crippen LogP contribution in [0.2, 0.25) is 0 Å². The van der Waals surface area contributed by atoms with E-state index in [-0.39, 0.29) is 5.96 Å². The Labute approximate surface area is 87.4 Å². The summed E-state index contributed by atoms with van der Waals surface area (Å²) in [5, 5.41) is 0. The first kappa shape index (κ1) is 10.6. The number of carbonyl (C=O) groups excluding carboxylic acids is 1. The Bertz CT molecular complexity index is 355. The third-order valence-corrected chi connectivity index (χ3v) is 1.98. The molecule has 4 N–H and O–H groups in total. The topological polar surface area (TPSA) is 81.5 Å². The predicted molar refractivity (Wildman–Crippen MR) is 59.3 cm³/mol. The molecule has 0 spiro atoms. The van der Waals surface area contributed by atoms with Crippen molar-refractivity contribution in [2.24, 2.45) is 16.5 Å².